The molecule has 0 aromatic heterocycles. The van der Waals surface area contributed by atoms with Gasteiger partial charge in [0, 0.05) is 7.11 Å². The number of methoxy groups -OCH3 is 1. The third-order valence-electron chi connectivity index (χ3n) is 3.42. The number of hydrogen-bond donors (Lipinski definition) is 0. The minimum Gasteiger partial charge on any atom is -0.381 e. The molecule has 2 rings (SSSR count). The first-order valence-electron chi connectivity index (χ1n) is 5.96. The van der Waals surface area contributed by atoms with E-state index in [1.807, 2.05) is 6.07 Å². The van der Waals surface area contributed by atoms with Gasteiger partial charge in [-0.25, -0.2) is 8.42 Å². The molecule has 0 heterocycles. The molecular formula is C13H18O3S. The minimum absolute atomic E-state index is 0.0900. The smallest absolute Gasteiger partial charge is 0.181 e. The molecule has 1 aromatic carbocycles. The molecule has 0 unspecified atom stereocenters. The third kappa shape index (κ3) is 2.69. The number of hydrogen-bond acceptors (Lipinski definition) is 3. The predicted octanol–water partition coefficient (Wildman–Crippen LogP) is 2.42. The Morgan fingerprint density at radius 3 is 2.53 bits per heavy atom. The topological polar surface area (TPSA) is 43.4 Å². The summed E-state index contributed by atoms with van der Waals surface area (Å²) >= 11 is 0. The van der Waals surface area contributed by atoms with E-state index in [1.54, 1.807) is 31.4 Å². The van der Waals surface area contributed by atoms with E-state index in [0.29, 0.717) is 11.3 Å². The highest BCUT2D eigenvalue weighted by Crippen LogP contribution is 2.29. The second-order valence-electron chi connectivity index (χ2n) is 4.50. The summed E-state index contributed by atoms with van der Waals surface area (Å²) < 4.78 is 30.1. The minimum atomic E-state index is -3.19. The number of sulfone groups is 1. The second kappa shape index (κ2) is 5.19. The molecule has 0 radical (unpaired) electrons. The van der Waals surface area contributed by atoms with Crippen LogP contribution in [-0.4, -0.2) is 26.9 Å². The molecule has 0 spiro atoms. The molecule has 1 fully saturated rings. The summed E-state index contributed by atoms with van der Waals surface area (Å²) in [5.74, 6) is 0. The molecule has 0 N–H and O–H groups in total. The van der Waals surface area contributed by atoms with E-state index in [9.17, 15) is 8.42 Å². The second-order valence-corrected chi connectivity index (χ2v) is 6.73. The van der Waals surface area contributed by atoms with Crippen LogP contribution in [0.5, 0.6) is 0 Å². The van der Waals surface area contributed by atoms with E-state index in [0.717, 1.165) is 19.3 Å². The van der Waals surface area contributed by atoms with Crippen LogP contribution < -0.4 is 0 Å². The summed E-state index contributed by atoms with van der Waals surface area (Å²) in [5.41, 5.74) is 0. The molecular weight excluding hydrogens is 236 g/mol. The molecule has 17 heavy (non-hydrogen) atoms. The third-order valence-corrected chi connectivity index (χ3v) is 5.66. The Morgan fingerprint density at radius 1 is 1.18 bits per heavy atom. The Kier molecular flexibility index (Phi) is 3.84. The molecule has 0 amide bonds. The van der Waals surface area contributed by atoms with Crippen LogP contribution in [-0.2, 0) is 14.6 Å². The van der Waals surface area contributed by atoms with E-state index in [2.05, 4.69) is 0 Å². The Balaban J connectivity index is 2.21. The molecule has 3 nitrogen and oxygen atoms in total. The fraction of sp³-hybridized carbons (Fsp3) is 0.538. The van der Waals surface area contributed by atoms with Crippen molar-refractivity contribution >= 4 is 9.84 Å². The van der Waals surface area contributed by atoms with Gasteiger partial charge in [-0.2, -0.15) is 0 Å². The van der Waals surface area contributed by atoms with E-state index >= 15 is 0 Å². The van der Waals surface area contributed by atoms with Crippen molar-refractivity contribution in [2.24, 2.45) is 0 Å². The maximum Gasteiger partial charge on any atom is 0.181 e. The summed E-state index contributed by atoms with van der Waals surface area (Å²) in [4.78, 5) is 0.432. The monoisotopic (exact) mass is 254 g/mol. The van der Waals surface area contributed by atoms with Crippen molar-refractivity contribution in [3.8, 4) is 0 Å². The average molecular weight is 254 g/mol. The van der Waals surface area contributed by atoms with Crippen molar-refractivity contribution in [2.75, 3.05) is 7.11 Å². The van der Waals surface area contributed by atoms with Crippen molar-refractivity contribution in [1.82, 2.24) is 0 Å². The molecule has 2 atom stereocenters. The van der Waals surface area contributed by atoms with Gasteiger partial charge < -0.3 is 4.74 Å². The van der Waals surface area contributed by atoms with Gasteiger partial charge in [0.25, 0.3) is 0 Å². The van der Waals surface area contributed by atoms with Crippen LogP contribution in [0, 0.1) is 0 Å². The summed E-state index contributed by atoms with van der Waals surface area (Å²) in [5, 5.41) is -0.288. The van der Waals surface area contributed by atoms with Crippen LogP contribution in [0.3, 0.4) is 0 Å². The highest BCUT2D eigenvalue weighted by molar-refractivity contribution is 7.92. The molecule has 1 saturated carbocycles. The molecule has 1 aliphatic rings. The normalized spacial score (nSPS) is 25.7. The summed E-state index contributed by atoms with van der Waals surface area (Å²) in [6.45, 7) is 0. The van der Waals surface area contributed by atoms with Gasteiger partial charge in [-0.15, -0.1) is 0 Å². The van der Waals surface area contributed by atoms with Gasteiger partial charge in [0.2, 0.25) is 0 Å². The van der Waals surface area contributed by atoms with Crippen LogP contribution in [0.15, 0.2) is 35.2 Å². The molecule has 1 aliphatic carbocycles. The van der Waals surface area contributed by atoms with Crippen molar-refractivity contribution in [3.63, 3.8) is 0 Å². The summed E-state index contributed by atoms with van der Waals surface area (Å²) in [7, 11) is -1.53. The van der Waals surface area contributed by atoms with Crippen LogP contribution >= 0.6 is 0 Å². The standard InChI is InChI=1S/C13H18O3S/c1-16-11-6-5-9-13(10-11)17(14,15)12-7-3-2-4-8-12/h2-4,7-8,11,13H,5-6,9-10H2,1H3/t11-,13-/m1/s1. The van der Waals surface area contributed by atoms with E-state index in [4.69, 9.17) is 4.74 Å². The molecule has 0 bridgehead atoms. The first-order chi connectivity index (χ1) is 8.14. The Hall–Kier alpha value is -0.870. The molecule has 94 valence electrons. The van der Waals surface area contributed by atoms with Gasteiger partial charge in [0.15, 0.2) is 9.84 Å². The zero-order valence-corrected chi connectivity index (χ0v) is 10.8. The lowest BCUT2D eigenvalue weighted by Crippen LogP contribution is -2.31. The fourth-order valence-corrected chi connectivity index (χ4v) is 4.27. The van der Waals surface area contributed by atoms with Crippen molar-refractivity contribution < 1.29 is 13.2 Å². The zero-order chi connectivity index (χ0) is 12.3. The predicted molar refractivity (Wildman–Crippen MR) is 66.7 cm³/mol. The van der Waals surface area contributed by atoms with Crippen LogP contribution in [0.25, 0.3) is 0 Å². The van der Waals surface area contributed by atoms with Crippen LogP contribution in [0.4, 0.5) is 0 Å². The number of benzene rings is 1. The molecule has 4 heteroatoms. The highest BCUT2D eigenvalue weighted by atomic mass is 32.2. The Morgan fingerprint density at radius 2 is 1.88 bits per heavy atom. The lowest BCUT2D eigenvalue weighted by molar-refractivity contribution is 0.0720. The zero-order valence-electron chi connectivity index (χ0n) is 10.0. The van der Waals surface area contributed by atoms with E-state index in [1.165, 1.54) is 0 Å². The van der Waals surface area contributed by atoms with Crippen LogP contribution in [0.1, 0.15) is 25.7 Å². The van der Waals surface area contributed by atoms with Gasteiger partial charge >= 0.3 is 0 Å². The van der Waals surface area contributed by atoms with Gasteiger partial charge in [0.1, 0.15) is 0 Å². The van der Waals surface area contributed by atoms with E-state index in [-0.39, 0.29) is 11.4 Å². The van der Waals surface area contributed by atoms with Crippen molar-refractivity contribution in [1.29, 1.82) is 0 Å². The lowest BCUT2D eigenvalue weighted by atomic mass is 9.97. The van der Waals surface area contributed by atoms with E-state index < -0.39 is 9.84 Å². The Labute approximate surface area is 103 Å². The first kappa shape index (κ1) is 12.6. The fourth-order valence-electron chi connectivity index (χ4n) is 2.40. The maximum absolute atomic E-state index is 12.4. The maximum atomic E-state index is 12.4. The number of rotatable bonds is 3. The van der Waals surface area contributed by atoms with Gasteiger partial charge in [0.05, 0.1) is 16.2 Å². The first-order valence-corrected chi connectivity index (χ1v) is 7.51. The highest BCUT2D eigenvalue weighted by Gasteiger charge is 2.32. The molecule has 0 saturated heterocycles. The van der Waals surface area contributed by atoms with Crippen molar-refractivity contribution in [2.45, 2.75) is 41.9 Å². The molecule has 1 aromatic rings. The number of ether oxygens (including phenoxy) is 1. The van der Waals surface area contributed by atoms with Gasteiger partial charge in [-0.3, -0.25) is 0 Å². The summed E-state index contributed by atoms with van der Waals surface area (Å²) in [6.07, 6.45) is 3.35. The quantitative estimate of drug-likeness (QED) is 0.832. The van der Waals surface area contributed by atoms with Crippen LogP contribution in [0.2, 0.25) is 0 Å². The largest absolute Gasteiger partial charge is 0.381 e. The SMILES string of the molecule is CO[C@@H]1CCC[C@@H](S(=O)(=O)c2ccccc2)C1. The van der Waals surface area contributed by atoms with Crippen molar-refractivity contribution in [3.05, 3.63) is 30.3 Å². The lowest BCUT2D eigenvalue weighted by Gasteiger charge is -2.27. The summed E-state index contributed by atoms with van der Waals surface area (Å²) in [6, 6.07) is 8.71. The van der Waals surface area contributed by atoms with Gasteiger partial charge in [-0.1, -0.05) is 18.2 Å². The average Bonchev–Trinajstić information content (AvgIpc) is 2.40. The van der Waals surface area contributed by atoms with Gasteiger partial charge in [-0.05, 0) is 37.8 Å². The Bertz CT molecular complexity index is 453. The molecule has 0 aliphatic heterocycles.